The predicted octanol–water partition coefficient (Wildman–Crippen LogP) is 3.72. The fourth-order valence-electron chi connectivity index (χ4n) is 6.04. The van der Waals surface area contributed by atoms with E-state index in [0.717, 1.165) is 18.4 Å². The molecule has 1 N–H and O–H groups in total. The first-order valence-corrected chi connectivity index (χ1v) is 8.49. The summed E-state index contributed by atoms with van der Waals surface area (Å²) in [5.41, 5.74) is 3.56. The number of fused-ring (bicyclic) bond motifs is 2. The summed E-state index contributed by atoms with van der Waals surface area (Å²) in [6, 6.07) is 6.85. The van der Waals surface area contributed by atoms with Crippen LogP contribution in [0.4, 0.5) is 0 Å². The van der Waals surface area contributed by atoms with Crippen molar-refractivity contribution in [2.45, 2.75) is 57.4 Å². The Labute approximate surface area is 128 Å². The summed E-state index contributed by atoms with van der Waals surface area (Å²) in [6.07, 6.45) is 6.46. The highest BCUT2D eigenvalue weighted by Gasteiger charge is 2.61. The molecule has 4 rings (SSSR count). The van der Waals surface area contributed by atoms with Crippen LogP contribution in [-0.2, 0) is 11.8 Å². The molecule has 0 spiro atoms. The van der Waals surface area contributed by atoms with Gasteiger partial charge in [0.2, 0.25) is 0 Å². The normalized spacial score (nSPS) is 42.2. The topological polar surface area (TPSA) is 23.5 Å². The number of nitrogens with zero attached hydrogens (tertiary/aromatic N) is 1. The zero-order chi connectivity index (χ0) is 14.8. The molecule has 21 heavy (non-hydrogen) atoms. The second-order valence-electron chi connectivity index (χ2n) is 8.03. The quantitative estimate of drug-likeness (QED) is 0.785. The molecule has 1 heterocycles. The fraction of sp³-hybridized carbons (Fsp3) is 0.684. The number of phenols is 1. The van der Waals surface area contributed by atoms with Crippen molar-refractivity contribution in [2.24, 2.45) is 11.3 Å². The summed E-state index contributed by atoms with van der Waals surface area (Å²) in [6.45, 7) is 6.26. The summed E-state index contributed by atoms with van der Waals surface area (Å²) in [7, 11) is 2.32. The fourth-order valence-corrected chi connectivity index (χ4v) is 6.04. The Bertz CT molecular complexity index is 583. The Balaban J connectivity index is 1.93. The number of aromatic hydroxyl groups is 1. The lowest BCUT2D eigenvalue weighted by atomic mass is 9.43. The Morgan fingerprint density at radius 2 is 2.05 bits per heavy atom. The third-order valence-electron chi connectivity index (χ3n) is 7.41. The molecule has 2 aliphatic carbocycles. The van der Waals surface area contributed by atoms with Gasteiger partial charge in [0.25, 0.3) is 0 Å². The van der Waals surface area contributed by atoms with E-state index in [1.165, 1.54) is 43.4 Å². The zero-order valence-corrected chi connectivity index (χ0v) is 13.5. The van der Waals surface area contributed by atoms with Gasteiger partial charge in [-0.3, -0.25) is 0 Å². The first-order chi connectivity index (χ1) is 9.97. The molecule has 1 aromatic rings. The summed E-state index contributed by atoms with van der Waals surface area (Å²) in [4.78, 5) is 2.62. The van der Waals surface area contributed by atoms with Crippen LogP contribution in [0.25, 0.3) is 0 Å². The Hall–Kier alpha value is -1.02. The molecular weight excluding hydrogens is 258 g/mol. The van der Waals surface area contributed by atoms with E-state index < -0.39 is 0 Å². The number of phenolic OH excluding ortho intramolecular Hbond substituents is 1. The van der Waals surface area contributed by atoms with Crippen molar-refractivity contribution in [3.05, 3.63) is 29.3 Å². The van der Waals surface area contributed by atoms with Crippen molar-refractivity contribution in [1.29, 1.82) is 0 Å². The third-order valence-corrected chi connectivity index (χ3v) is 7.41. The molecule has 2 fully saturated rings. The van der Waals surface area contributed by atoms with Gasteiger partial charge in [0.05, 0.1) is 0 Å². The van der Waals surface area contributed by atoms with Crippen LogP contribution in [0.2, 0.25) is 0 Å². The highest BCUT2D eigenvalue weighted by molar-refractivity contribution is 5.45. The lowest BCUT2D eigenvalue weighted by molar-refractivity contribution is -0.102. The van der Waals surface area contributed by atoms with E-state index >= 15 is 0 Å². The van der Waals surface area contributed by atoms with Crippen LogP contribution in [0.1, 0.15) is 50.7 Å². The van der Waals surface area contributed by atoms with Crippen molar-refractivity contribution in [3.63, 3.8) is 0 Å². The molecule has 1 saturated carbocycles. The molecule has 1 aromatic carbocycles. The molecule has 114 valence electrons. The second-order valence-corrected chi connectivity index (χ2v) is 8.03. The lowest BCUT2D eigenvalue weighted by Gasteiger charge is -2.66. The number of likely N-dealkylation sites (tertiary alicyclic amines) is 1. The summed E-state index contributed by atoms with van der Waals surface area (Å²) < 4.78 is 0. The molecule has 1 aliphatic heterocycles. The minimum atomic E-state index is 0.260. The van der Waals surface area contributed by atoms with Crippen LogP contribution in [0.3, 0.4) is 0 Å². The van der Waals surface area contributed by atoms with E-state index in [1.807, 2.05) is 12.1 Å². The standard InChI is InChI=1S/C19H27NO/c1-18-9-10-20(3)17-6-4-5-14(19(17,18)2)11-13-12-15(21)7-8-16(13)18/h7-8,12,14,17,21H,4-6,9-11H2,1-3H3/t14?,17?,18-,19+/m1/s1. The van der Waals surface area contributed by atoms with Crippen molar-refractivity contribution >= 4 is 0 Å². The zero-order valence-electron chi connectivity index (χ0n) is 13.5. The minimum Gasteiger partial charge on any atom is -0.508 e. The Morgan fingerprint density at radius 3 is 2.86 bits per heavy atom. The van der Waals surface area contributed by atoms with Crippen LogP contribution >= 0.6 is 0 Å². The highest BCUT2D eigenvalue weighted by atomic mass is 16.3. The molecule has 4 atom stereocenters. The molecular formula is C19H27NO. The summed E-state index contributed by atoms with van der Waals surface area (Å²) in [5.74, 6) is 1.19. The minimum absolute atomic E-state index is 0.260. The van der Waals surface area contributed by atoms with Gasteiger partial charge in [-0.15, -0.1) is 0 Å². The summed E-state index contributed by atoms with van der Waals surface area (Å²) in [5, 5.41) is 9.89. The van der Waals surface area contributed by atoms with Crippen LogP contribution in [0, 0.1) is 11.3 Å². The number of benzene rings is 1. The Kier molecular flexibility index (Phi) is 2.76. The number of piperidine rings is 1. The SMILES string of the molecule is CN1CC[C@]2(C)c3ccc(O)cc3CC3CCCC1[C@]32C. The molecule has 0 radical (unpaired) electrons. The van der Waals surface area contributed by atoms with E-state index in [9.17, 15) is 5.11 Å². The van der Waals surface area contributed by atoms with Gasteiger partial charge in [0.15, 0.2) is 0 Å². The smallest absolute Gasteiger partial charge is 0.115 e. The monoisotopic (exact) mass is 285 g/mol. The molecule has 2 unspecified atom stereocenters. The van der Waals surface area contributed by atoms with Gasteiger partial charge in [-0.25, -0.2) is 0 Å². The number of rotatable bonds is 0. The highest BCUT2D eigenvalue weighted by Crippen LogP contribution is 2.63. The largest absolute Gasteiger partial charge is 0.508 e. The van der Waals surface area contributed by atoms with Gasteiger partial charge in [-0.1, -0.05) is 26.3 Å². The van der Waals surface area contributed by atoms with Crippen molar-refractivity contribution in [2.75, 3.05) is 13.6 Å². The van der Waals surface area contributed by atoms with Gasteiger partial charge >= 0.3 is 0 Å². The molecule has 3 aliphatic rings. The average Bonchev–Trinajstić information content (AvgIpc) is 2.44. The van der Waals surface area contributed by atoms with E-state index in [0.29, 0.717) is 11.2 Å². The maximum Gasteiger partial charge on any atom is 0.115 e. The summed E-state index contributed by atoms with van der Waals surface area (Å²) >= 11 is 0. The first-order valence-electron chi connectivity index (χ1n) is 8.49. The van der Waals surface area contributed by atoms with E-state index in [-0.39, 0.29) is 5.41 Å². The molecule has 1 saturated heterocycles. The molecule has 0 aromatic heterocycles. The van der Waals surface area contributed by atoms with Gasteiger partial charge < -0.3 is 10.0 Å². The average molecular weight is 285 g/mol. The molecule has 2 heteroatoms. The van der Waals surface area contributed by atoms with Crippen LogP contribution < -0.4 is 0 Å². The maximum atomic E-state index is 9.89. The van der Waals surface area contributed by atoms with Gasteiger partial charge in [0, 0.05) is 11.5 Å². The van der Waals surface area contributed by atoms with Gasteiger partial charge in [-0.05, 0) is 73.9 Å². The van der Waals surface area contributed by atoms with Crippen molar-refractivity contribution in [3.8, 4) is 5.75 Å². The Morgan fingerprint density at radius 1 is 1.24 bits per heavy atom. The number of hydrogen-bond donors (Lipinski definition) is 1. The van der Waals surface area contributed by atoms with Gasteiger partial charge in [-0.2, -0.15) is 0 Å². The second kappa shape index (κ2) is 4.25. The van der Waals surface area contributed by atoms with Crippen LogP contribution in [0.5, 0.6) is 5.75 Å². The van der Waals surface area contributed by atoms with Crippen LogP contribution in [-0.4, -0.2) is 29.6 Å². The van der Waals surface area contributed by atoms with E-state index in [4.69, 9.17) is 0 Å². The lowest BCUT2D eigenvalue weighted by Crippen LogP contribution is -2.66. The number of hydrogen-bond acceptors (Lipinski definition) is 2. The third kappa shape index (κ3) is 1.57. The first kappa shape index (κ1) is 13.6. The van der Waals surface area contributed by atoms with Crippen molar-refractivity contribution in [1.82, 2.24) is 4.90 Å². The molecule has 0 amide bonds. The van der Waals surface area contributed by atoms with E-state index in [1.54, 1.807) is 0 Å². The van der Waals surface area contributed by atoms with Crippen molar-refractivity contribution < 1.29 is 5.11 Å². The van der Waals surface area contributed by atoms with Crippen LogP contribution in [0.15, 0.2) is 18.2 Å². The van der Waals surface area contributed by atoms with Gasteiger partial charge in [0.1, 0.15) is 5.75 Å². The maximum absolute atomic E-state index is 9.89. The van der Waals surface area contributed by atoms with E-state index in [2.05, 4.69) is 31.9 Å². The predicted molar refractivity (Wildman–Crippen MR) is 85.6 cm³/mol. The molecule has 0 bridgehead atoms. The molecule has 2 nitrogen and oxygen atoms in total.